The Morgan fingerprint density at radius 3 is 2.68 bits per heavy atom. The summed E-state index contributed by atoms with van der Waals surface area (Å²) >= 11 is 0. The maximum absolute atomic E-state index is 12.3. The average molecular weight is 348 g/mol. The Labute approximate surface area is 151 Å². The van der Waals surface area contributed by atoms with E-state index in [2.05, 4.69) is 4.90 Å². The van der Waals surface area contributed by atoms with Gasteiger partial charge in [0.15, 0.2) is 0 Å². The SMILES string of the molecule is Cc1cccc(OCCCC(=O)N2CCC(OCCN(C)C)CC2)c1. The molecule has 1 aliphatic heterocycles. The van der Waals surface area contributed by atoms with Crippen LogP contribution >= 0.6 is 0 Å². The molecule has 1 fully saturated rings. The van der Waals surface area contributed by atoms with Crippen molar-refractivity contribution >= 4 is 5.91 Å². The average Bonchev–Trinajstić information content (AvgIpc) is 2.59. The van der Waals surface area contributed by atoms with Crippen molar-refractivity contribution in [2.45, 2.75) is 38.7 Å². The zero-order valence-corrected chi connectivity index (χ0v) is 15.9. The minimum absolute atomic E-state index is 0.236. The van der Waals surface area contributed by atoms with Gasteiger partial charge in [-0.25, -0.2) is 0 Å². The summed E-state index contributed by atoms with van der Waals surface area (Å²) in [6.07, 6.45) is 3.50. The van der Waals surface area contributed by atoms with Crippen molar-refractivity contribution < 1.29 is 14.3 Å². The van der Waals surface area contributed by atoms with Gasteiger partial charge in [0.05, 0.1) is 19.3 Å². The van der Waals surface area contributed by atoms with Gasteiger partial charge < -0.3 is 19.3 Å². The number of carbonyl (C=O) groups excluding carboxylic acids is 1. The lowest BCUT2D eigenvalue weighted by molar-refractivity contribution is -0.134. The monoisotopic (exact) mass is 348 g/mol. The van der Waals surface area contributed by atoms with Gasteiger partial charge in [-0.15, -0.1) is 0 Å². The van der Waals surface area contributed by atoms with Gasteiger partial charge in [-0.1, -0.05) is 12.1 Å². The van der Waals surface area contributed by atoms with Gasteiger partial charge >= 0.3 is 0 Å². The number of carbonyl (C=O) groups is 1. The van der Waals surface area contributed by atoms with Crippen molar-refractivity contribution in [1.29, 1.82) is 0 Å². The number of aryl methyl sites for hydroxylation is 1. The number of likely N-dealkylation sites (N-methyl/N-ethyl adjacent to an activating group) is 1. The molecule has 1 aromatic rings. The van der Waals surface area contributed by atoms with Gasteiger partial charge in [-0.05, 0) is 58.0 Å². The minimum atomic E-state index is 0.236. The topological polar surface area (TPSA) is 42.0 Å². The van der Waals surface area contributed by atoms with Crippen LogP contribution < -0.4 is 4.74 Å². The van der Waals surface area contributed by atoms with Crippen molar-refractivity contribution in [3.63, 3.8) is 0 Å². The lowest BCUT2D eigenvalue weighted by Gasteiger charge is -2.32. The van der Waals surface area contributed by atoms with Gasteiger partial charge in [0, 0.05) is 26.1 Å². The first-order valence-electron chi connectivity index (χ1n) is 9.28. The molecule has 0 saturated carbocycles. The Balaban J connectivity index is 1.57. The Morgan fingerprint density at radius 2 is 2.00 bits per heavy atom. The molecule has 0 atom stereocenters. The highest BCUT2D eigenvalue weighted by atomic mass is 16.5. The van der Waals surface area contributed by atoms with Crippen molar-refractivity contribution in [2.24, 2.45) is 0 Å². The standard InChI is InChI=1S/C20H32N2O3/c1-17-6-4-7-19(16-17)24-14-5-8-20(23)22-11-9-18(10-12-22)25-15-13-21(2)3/h4,6-7,16,18H,5,8-15H2,1-3H3. The molecule has 25 heavy (non-hydrogen) atoms. The first kappa shape index (κ1) is 19.7. The predicted octanol–water partition coefficient (Wildman–Crippen LogP) is 2.72. The molecule has 0 bridgehead atoms. The third kappa shape index (κ3) is 7.45. The fourth-order valence-corrected chi connectivity index (χ4v) is 2.95. The maximum atomic E-state index is 12.3. The Kier molecular flexibility index (Phi) is 8.22. The quantitative estimate of drug-likeness (QED) is 0.644. The van der Waals surface area contributed by atoms with E-state index in [1.165, 1.54) is 5.56 Å². The molecule has 1 aromatic carbocycles. The third-order valence-electron chi connectivity index (χ3n) is 4.48. The van der Waals surface area contributed by atoms with E-state index in [1.807, 2.05) is 50.2 Å². The highest BCUT2D eigenvalue weighted by Gasteiger charge is 2.22. The first-order valence-corrected chi connectivity index (χ1v) is 9.28. The van der Waals surface area contributed by atoms with E-state index >= 15 is 0 Å². The van der Waals surface area contributed by atoms with Crippen LogP contribution in [0, 0.1) is 6.92 Å². The smallest absolute Gasteiger partial charge is 0.222 e. The molecule has 0 N–H and O–H groups in total. The van der Waals surface area contributed by atoms with E-state index in [-0.39, 0.29) is 5.91 Å². The highest BCUT2D eigenvalue weighted by Crippen LogP contribution is 2.16. The van der Waals surface area contributed by atoms with E-state index in [1.54, 1.807) is 0 Å². The number of amides is 1. The van der Waals surface area contributed by atoms with Gasteiger partial charge in [0.1, 0.15) is 5.75 Å². The van der Waals surface area contributed by atoms with Gasteiger partial charge in [0.25, 0.3) is 0 Å². The number of hydrogen-bond donors (Lipinski definition) is 0. The summed E-state index contributed by atoms with van der Waals surface area (Å²) in [4.78, 5) is 16.4. The Morgan fingerprint density at radius 1 is 1.24 bits per heavy atom. The van der Waals surface area contributed by atoms with Crippen LogP contribution in [0.15, 0.2) is 24.3 Å². The van der Waals surface area contributed by atoms with E-state index in [4.69, 9.17) is 9.47 Å². The van der Waals surface area contributed by atoms with Crippen LogP contribution in [0.5, 0.6) is 5.75 Å². The second-order valence-corrected chi connectivity index (χ2v) is 7.02. The molecule has 0 aromatic heterocycles. The second-order valence-electron chi connectivity index (χ2n) is 7.02. The number of benzene rings is 1. The fraction of sp³-hybridized carbons (Fsp3) is 0.650. The number of piperidine rings is 1. The summed E-state index contributed by atoms with van der Waals surface area (Å²) < 4.78 is 11.6. The number of nitrogens with zero attached hydrogens (tertiary/aromatic N) is 2. The highest BCUT2D eigenvalue weighted by molar-refractivity contribution is 5.76. The summed E-state index contributed by atoms with van der Waals surface area (Å²) in [7, 11) is 4.10. The van der Waals surface area contributed by atoms with Crippen LogP contribution in [0.4, 0.5) is 0 Å². The van der Waals surface area contributed by atoms with Crippen LogP contribution in [0.1, 0.15) is 31.2 Å². The molecule has 1 heterocycles. The zero-order chi connectivity index (χ0) is 18.1. The molecule has 1 saturated heterocycles. The van der Waals surface area contributed by atoms with Crippen LogP contribution in [-0.2, 0) is 9.53 Å². The van der Waals surface area contributed by atoms with E-state index in [0.717, 1.165) is 51.3 Å². The lowest BCUT2D eigenvalue weighted by atomic mass is 10.1. The summed E-state index contributed by atoms with van der Waals surface area (Å²) in [5.41, 5.74) is 1.18. The van der Waals surface area contributed by atoms with Gasteiger partial charge in [-0.3, -0.25) is 4.79 Å². The Hall–Kier alpha value is -1.59. The normalized spacial score (nSPS) is 15.6. The second kappa shape index (κ2) is 10.4. The number of ether oxygens (including phenoxy) is 2. The molecule has 0 aliphatic carbocycles. The molecule has 5 nitrogen and oxygen atoms in total. The molecule has 2 rings (SSSR count). The predicted molar refractivity (Wildman–Crippen MR) is 100 cm³/mol. The van der Waals surface area contributed by atoms with Crippen LogP contribution in [0.3, 0.4) is 0 Å². The zero-order valence-electron chi connectivity index (χ0n) is 15.9. The van der Waals surface area contributed by atoms with Crippen molar-refractivity contribution in [3.05, 3.63) is 29.8 Å². The molecule has 5 heteroatoms. The first-order chi connectivity index (χ1) is 12.0. The molecular weight excluding hydrogens is 316 g/mol. The molecule has 1 amide bonds. The van der Waals surface area contributed by atoms with Gasteiger partial charge in [0.2, 0.25) is 5.91 Å². The van der Waals surface area contributed by atoms with Crippen molar-refractivity contribution in [2.75, 3.05) is 46.9 Å². The van der Waals surface area contributed by atoms with Gasteiger partial charge in [-0.2, -0.15) is 0 Å². The summed E-state index contributed by atoms with van der Waals surface area (Å²) in [5, 5.41) is 0. The van der Waals surface area contributed by atoms with Crippen molar-refractivity contribution in [1.82, 2.24) is 9.80 Å². The summed E-state index contributed by atoms with van der Waals surface area (Å²) in [6, 6.07) is 8.00. The maximum Gasteiger partial charge on any atom is 0.222 e. The number of rotatable bonds is 9. The lowest BCUT2D eigenvalue weighted by Crippen LogP contribution is -2.41. The van der Waals surface area contributed by atoms with Crippen LogP contribution in [0.25, 0.3) is 0 Å². The number of hydrogen-bond acceptors (Lipinski definition) is 4. The van der Waals surface area contributed by atoms with Crippen molar-refractivity contribution in [3.8, 4) is 5.75 Å². The minimum Gasteiger partial charge on any atom is -0.494 e. The molecule has 0 unspecified atom stereocenters. The van der Waals surface area contributed by atoms with E-state index < -0.39 is 0 Å². The summed E-state index contributed by atoms with van der Waals surface area (Å²) in [6.45, 7) is 5.96. The fourth-order valence-electron chi connectivity index (χ4n) is 2.95. The van der Waals surface area contributed by atoms with E-state index in [9.17, 15) is 4.79 Å². The number of likely N-dealkylation sites (tertiary alicyclic amines) is 1. The molecule has 140 valence electrons. The Bertz CT molecular complexity index is 525. The third-order valence-corrected chi connectivity index (χ3v) is 4.48. The molecule has 0 spiro atoms. The molecule has 1 aliphatic rings. The van der Waals surface area contributed by atoms with E-state index in [0.29, 0.717) is 19.1 Å². The largest absolute Gasteiger partial charge is 0.494 e. The van der Waals surface area contributed by atoms with Crippen LogP contribution in [-0.4, -0.2) is 68.8 Å². The molecule has 0 radical (unpaired) electrons. The molecular formula is C20H32N2O3. The summed E-state index contributed by atoms with van der Waals surface area (Å²) in [5.74, 6) is 1.11. The van der Waals surface area contributed by atoms with Crippen LogP contribution in [0.2, 0.25) is 0 Å².